The van der Waals surface area contributed by atoms with Crippen LogP contribution in [0.25, 0.3) is 5.69 Å². The van der Waals surface area contributed by atoms with Crippen LogP contribution in [0.1, 0.15) is 21.5 Å². The van der Waals surface area contributed by atoms with Crippen LogP contribution in [0.15, 0.2) is 90.5 Å². The maximum absolute atomic E-state index is 14.7. The number of benzene rings is 3. The number of carbonyl (C=O) groups excluding carboxylic acids is 1. The number of aromatic nitrogens is 6. The Balaban J connectivity index is 1.38. The number of hydrogen-bond donors (Lipinski definition) is 2. The Labute approximate surface area is 220 Å². The fourth-order valence-electron chi connectivity index (χ4n) is 4.15. The van der Waals surface area contributed by atoms with Crippen LogP contribution in [-0.2, 0) is 18.7 Å². The van der Waals surface area contributed by atoms with E-state index in [0.29, 0.717) is 23.0 Å². The Kier molecular flexibility index (Phi) is 6.86. The molecule has 0 fully saturated rings. The Morgan fingerprint density at radius 3 is 2.38 bits per heavy atom. The lowest BCUT2D eigenvalue weighted by atomic mass is 9.93. The van der Waals surface area contributed by atoms with Crippen LogP contribution in [0.3, 0.4) is 0 Å². The fourth-order valence-corrected chi connectivity index (χ4v) is 4.15. The number of aryl methyl sites for hydroxylation is 1. The molecule has 0 saturated carbocycles. The molecule has 12 heteroatoms. The van der Waals surface area contributed by atoms with Gasteiger partial charge in [0.1, 0.15) is 36.2 Å². The first-order valence-corrected chi connectivity index (χ1v) is 11.9. The van der Waals surface area contributed by atoms with Crippen molar-refractivity contribution in [3.8, 4) is 5.69 Å². The Morgan fingerprint density at radius 1 is 0.974 bits per heavy atom. The highest BCUT2D eigenvalue weighted by molar-refractivity contribution is 6.04. The molecule has 0 saturated heterocycles. The molecule has 0 spiro atoms. The summed E-state index contributed by atoms with van der Waals surface area (Å²) in [4.78, 5) is 29.5. The second-order valence-electron chi connectivity index (χ2n) is 9.06. The first-order chi connectivity index (χ1) is 18.7. The lowest BCUT2D eigenvalue weighted by Gasteiger charge is -2.28. The highest BCUT2D eigenvalue weighted by atomic mass is 19.1. The molecule has 1 amide bonds. The summed E-state index contributed by atoms with van der Waals surface area (Å²) >= 11 is 0. The zero-order valence-electron chi connectivity index (χ0n) is 20.7. The number of nitrogens with one attached hydrogen (secondary N) is 1. The van der Waals surface area contributed by atoms with Crippen molar-refractivity contribution in [2.24, 2.45) is 0 Å². The third kappa shape index (κ3) is 5.50. The van der Waals surface area contributed by atoms with Gasteiger partial charge in [0.25, 0.3) is 5.91 Å². The molecule has 0 aliphatic rings. The van der Waals surface area contributed by atoms with Crippen molar-refractivity contribution in [2.45, 2.75) is 25.6 Å². The van der Waals surface area contributed by atoms with Crippen LogP contribution < -0.4 is 11.0 Å². The fraction of sp³-hybridized carbons (Fsp3) is 0.148. The summed E-state index contributed by atoms with van der Waals surface area (Å²) in [5.41, 5.74) is -0.315. The Hall–Kier alpha value is -4.97. The minimum atomic E-state index is -2.02. The zero-order valence-corrected chi connectivity index (χ0v) is 20.7. The summed E-state index contributed by atoms with van der Waals surface area (Å²) in [6.45, 7) is 1.21. The van der Waals surface area contributed by atoms with Crippen LogP contribution in [0.4, 0.5) is 14.5 Å². The molecule has 3 aromatic carbocycles. The summed E-state index contributed by atoms with van der Waals surface area (Å²) in [5.74, 6) is -2.06. The van der Waals surface area contributed by atoms with E-state index in [2.05, 4.69) is 20.5 Å². The topological polar surface area (TPSA) is 120 Å². The molecule has 0 unspecified atom stereocenters. The van der Waals surface area contributed by atoms with Gasteiger partial charge in [0.05, 0.1) is 18.8 Å². The van der Waals surface area contributed by atoms with Gasteiger partial charge in [0.2, 0.25) is 0 Å². The molecule has 0 aliphatic carbocycles. The Bertz CT molecular complexity index is 1660. The summed E-state index contributed by atoms with van der Waals surface area (Å²) < 4.78 is 31.8. The molecule has 198 valence electrons. The van der Waals surface area contributed by atoms with Gasteiger partial charge in [0, 0.05) is 22.9 Å². The Morgan fingerprint density at radius 2 is 1.72 bits per heavy atom. The van der Waals surface area contributed by atoms with Crippen molar-refractivity contribution >= 4 is 11.6 Å². The predicted octanol–water partition coefficient (Wildman–Crippen LogP) is 3.05. The van der Waals surface area contributed by atoms with E-state index < -0.39 is 29.5 Å². The van der Waals surface area contributed by atoms with Crippen molar-refractivity contribution < 1.29 is 18.7 Å². The average molecular weight is 532 g/mol. The largest absolute Gasteiger partial charge is 0.381 e. The summed E-state index contributed by atoms with van der Waals surface area (Å²) in [6.07, 6.45) is 3.83. The number of rotatable bonds is 8. The summed E-state index contributed by atoms with van der Waals surface area (Å²) in [5, 5.41) is 22.4. The summed E-state index contributed by atoms with van der Waals surface area (Å²) in [7, 11) is 0. The molecule has 0 bridgehead atoms. The van der Waals surface area contributed by atoms with Gasteiger partial charge in [-0.25, -0.2) is 32.5 Å². The molecular weight excluding hydrogens is 508 g/mol. The van der Waals surface area contributed by atoms with E-state index in [4.69, 9.17) is 0 Å². The minimum absolute atomic E-state index is 0.227. The number of hydrogen-bond acceptors (Lipinski definition) is 6. The third-order valence-electron chi connectivity index (χ3n) is 6.18. The second kappa shape index (κ2) is 10.4. The molecule has 0 aliphatic heterocycles. The molecule has 5 aromatic rings. The smallest absolute Gasteiger partial charge is 0.350 e. The molecule has 10 nitrogen and oxygen atoms in total. The van der Waals surface area contributed by atoms with Gasteiger partial charge in [-0.15, -0.1) is 0 Å². The highest BCUT2D eigenvalue weighted by Gasteiger charge is 2.35. The number of carbonyl (C=O) groups is 1. The molecule has 2 heterocycles. The van der Waals surface area contributed by atoms with Crippen LogP contribution in [0.5, 0.6) is 0 Å². The van der Waals surface area contributed by atoms with Gasteiger partial charge < -0.3 is 10.4 Å². The van der Waals surface area contributed by atoms with Gasteiger partial charge in [0.15, 0.2) is 0 Å². The molecule has 0 radical (unpaired) electrons. The lowest BCUT2D eigenvalue weighted by molar-refractivity contribution is -0.00948. The SMILES string of the molecule is Cc1ccc(C(=O)Nc2ccc(-n3cnn(C[C@@](O)(Cn4cncn4)c4ccc(F)cc4F)c3=O)cc2)cc1. The van der Waals surface area contributed by atoms with Gasteiger partial charge in [-0.2, -0.15) is 10.2 Å². The molecule has 2 N–H and O–H groups in total. The molecule has 39 heavy (non-hydrogen) atoms. The minimum Gasteiger partial charge on any atom is -0.381 e. The number of amides is 1. The van der Waals surface area contributed by atoms with Gasteiger partial charge in [-0.3, -0.25) is 4.79 Å². The number of halogens is 2. The quantitative estimate of drug-likeness (QED) is 0.318. The summed E-state index contributed by atoms with van der Waals surface area (Å²) in [6, 6.07) is 16.5. The van der Waals surface area contributed by atoms with E-state index in [1.54, 1.807) is 36.4 Å². The molecule has 5 rings (SSSR count). The van der Waals surface area contributed by atoms with Crippen LogP contribution in [-0.4, -0.2) is 40.1 Å². The maximum atomic E-state index is 14.7. The number of aliphatic hydroxyl groups is 1. The number of nitrogens with zero attached hydrogens (tertiary/aromatic N) is 6. The maximum Gasteiger partial charge on any atom is 0.350 e. The predicted molar refractivity (Wildman–Crippen MR) is 137 cm³/mol. The third-order valence-corrected chi connectivity index (χ3v) is 6.18. The van der Waals surface area contributed by atoms with Crippen molar-refractivity contribution in [3.63, 3.8) is 0 Å². The van der Waals surface area contributed by atoms with E-state index in [9.17, 15) is 23.5 Å². The lowest BCUT2D eigenvalue weighted by Crippen LogP contribution is -2.41. The van der Waals surface area contributed by atoms with Crippen molar-refractivity contribution in [3.05, 3.63) is 125 Å². The van der Waals surface area contributed by atoms with Crippen LogP contribution in [0.2, 0.25) is 0 Å². The first kappa shape index (κ1) is 25.7. The standard InChI is InChI=1S/C27H23F2N7O3/c1-18-2-4-19(5-3-18)25(37)33-21-7-9-22(10-8-21)35-17-32-36(26(35)38)14-27(39,13-34-16-30-15-31-34)23-11-6-20(28)12-24(23)29/h2-12,15-17,39H,13-14H2,1H3,(H,33,37)/t27-/m0/s1. The normalized spacial score (nSPS) is 12.7. The highest BCUT2D eigenvalue weighted by Crippen LogP contribution is 2.28. The monoisotopic (exact) mass is 531 g/mol. The van der Waals surface area contributed by atoms with Crippen molar-refractivity contribution in [1.82, 2.24) is 29.1 Å². The zero-order chi connectivity index (χ0) is 27.6. The van der Waals surface area contributed by atoms with Crippen LogP contribution in [0, 0.1) is 18.6 Å². The van der Waals surface area contributed by atoms with Gasteiger partial charge in [-0.1, -0.05) is 23.8 Å². The van der Waals surface area contributed by atoms with E-state index in [-0.39, 0.29) is 18.0 Å². The van der Waals surface area contributed by atoms with E-state index in [1.807, 2.05) is 19.1 Å². The molecule has 2 aromatic heterocycles. The number of anilines is 1. The molecule has 1 atom stereocenters. The van der Waals surface area contributed by atoms with Crippen molar-refractivity contribution in [2.75, 3.05) is 5.32 Å². The van der Waals surface area contributed by atoms with Gasteiger partial charge >= 0.3 is 5.69 Å². The average Bonchev–Trinajstić information content (AvgIpc) is 3.54. The van der Waals surface area contributed by atoms with E-state index in [0.717, 1.165) is 22.4 Å². The van der Waals surface area contributed by atoms with Crippen LogP contribution >= 0.6 is 0 Å². The second-order valence-corrected chi connectivity index (χ2v) is 9.06. The van der Waals surface area contributed by atoms with E-state index in [1.165, 1.54) is 28.2 Å². The molecular formula is C27H23F2N7O3. The van der Waals surface area contributed by atoms with Gasteiger partial charge in [-0.05, 0) is 49.4 Å². The van der Waals surface area contributed by atoms with E-state index >= 15 is 0 Å². The first-order valence-electron chi connectivity index (χ1n) is 11.9. The van der Waals surface area contributed by atoms with Crippen molar-refractivity contribution in [1.29, 1.82) is 0 Å².